The molecule has 4 nitrogen and oxygen atoms in total. The summed E-state index contributed by atoms with van der Waals surface area (Å²) in [4.78, 5) is 2.29. The van der Waals surface area contributed by atoms with Crippen molar-refractivity contribution in [1.82, 2.24) is 15.1 Å². The second-order valence-corrected chi connectivity index (χ2v) is 6.30. The largest absolute Gasteiger partial charge is 0.472 e. The quantitative estimate of drug-likeness (QED) is 0.867. The summed E-state index contributed by atoms with van der Waals surface area (Å²) < 4.78 is 5.98. The van der Waals surface area contributed by atoms with Gasteiger partial charge in [-0.25, -0.2) is 0 Å². The van der Waals surface area contributed by atoms with Gasteiger partial charge in [0.2, 0.25) is 5.88 Å². The third-order valence-electron chi connectivity index (χ3n) is 3.95. The molecule has 1 saturated heterocycles. The first-order valence-corrected chi connectivity index (χ1v) is 7.95. The van der Waals surface area contributed by atoms with Crippen LogP contribution in [0.2, 0.25) is 5.02 Å². The Morgan fingerprint density at radius 1 is 1.23 bits per heavy atom. The van der Waals surface area contributed by atoms with Crippen molar-refractivity contribution in [1.29, 1.82) is 0 Å². The highest BCUT2D eigenvalue weighted by atomic mass is 35.5. The topological polar surface area (TPSA) is 38.2 Å². The third kappa shape index (κ3) is 3.57. The summed E-state index contributed by atoms with van der Waals surface area (Å²) in [5.41, 5.74) is 2.93. The fourth-order valence-corrected chi connectivity index (χ4v) is 2.92. The maximum atomic E-state index is 5.98. The van der Waals surface area contributed by atoms with Gasteiger partial charge in [-0.1, -0.05) is 23.7 Å². The highest BCUT2D eigenvalue weighted by Crippen LogP contribution is 2.25. The van der Waals surface area contributed by atoms with Crippen LogP contribution >= 0.6 is 11.6 Å². The van der Waals surface area contributed by atoms with Crippen molar-refractivity contribution in [3.8, 4) is 17.1 Å². The summed E-state index contributed by atoms with van der Waals surface area (Å²) >= 11 is 5.92. The molecule has 0 bridgehead atoms. The second kappa shape index (κ2) is 6.63. The molecule has 5 heteroatoms. The van der Waals surface area contributed by atoms with Gasteiger partial charge < -0.3 is 9.64 Å². The average molecular weight is 318 g/mol. The van der Waals surface area contributed by atoms with Crippen molar-refractivity contribution in [3.63, 3.8) is 0 Å². The van der Waals surface area contributed by atoms with Crippen LogP contribution in [0.1, 0.15) is 18.4 Å². The molecule has 1 aromatic heterocycles. The number of likely N-dealkylation sites (N-methyl/N-ethyl adjacent to an activating group) is 1. The van der Waals surface area contributed by atoms with Crippen LogP contribution in [0.25, 0.3) is 11.3 Å². The van der Waals surface area contributed by atoms with Gasteiger partial charge in [-0.05, 0) is 51.1 Å². The van der Waals surface area contributed by atoms with Gasteiger partial charge in [0.15, 0.2) is 0 Å². The highest BCUT2D eigenvalue weighted by Gasteiger charge is 2.19. The molecule has 2 heterocycles. The van der Waals surface area contributed by atoms with E-state index in [1.165, 1.54) is 0 Å². The van der Waals surface area contributed by atoms with Crippen LogP contribution in [0.3, 0.4) is 0 Å². The lowest BCUT2D eigenvalue weighted by Gasteiger charge is -2.29. The summed E-state index contributed by atoms with van der Waals surface area (Å²) in [5.74, 6) is 0.607. The van der Waals surface area contributed by atoms with Crippen LogP contribution in [-0.4, -0.2) is 41.3 Å². The molecule has 0 aliphatic carbocycles. The van der Waals surface area contributed by atoms with E-state index < -0.39 is 0 Å². The number of ether oxygens (including phenoxy) is 1. The number of rotatable bonds is 3. The molecule has 0 saturated carbocycles. The van der Waals surface area contributed by atoms with E-state index >= 15 is 0 Å². The molecule has 116 valence electrons. The maximum absolute atomic E-state index is 5.98. The van der Waals surface area contributed by atoms with Crippen molar-refractivity contribution < 1.29 is 4.74 Å². The number of benzene rings is 1. The first-order chi connectivity index (χ1) is 10.6. The lowest BCUT2D eigenvalue weighted by atomic mass is 10.1. The van der Waals surface area contributed by atoms with E-state index in [0.717, 1.165) is 47.8 Å². The van der Waals surface area contributed by atoms with Gasteiger partial charge in [-0.15, -0.1) is 10.2 Å². The Balaban J connectivity index is 1.75. The summed E-state index contributed by atoms with van der Waals surface area (Å²) in [6.45, 7) is 4.11. The van der Waals surface area contributed by atoms with E-state index in [9.17, 15) is 0 Å². The molecule has 0 radical (unpaired) electrons. The molecule has 1 aliphatic heterocycles. The van der Waals surface area contributed by atoms with E-state index in [1.807, 2.05) is 37.3 Å². The van der Waals surface area contributed by atoms with Gasteiger partial charge in [0, 0.05) is 23.2 Å². The van der Waals surface area contributed by atoms with Crippen LogP contribution in [0.4, 0.5) is 0 Å². The number of aryl methyl sites for hydroxylation is 1. The fraction of sp³-hybridized carbons (Fsp3) is 0.412. The van der Waals surface area contributed by atoms with E-state index in [4.69, 9.17) is 16.3 Å². The number of nitrogens with zero attached hydrogens (tertiary/aromatic N) is 3. The third-order valence-corrected chi connectivity index (χ3v) is 4.20. The summed E-state index contributed by atoms with van der Waals surface area (Å²) in [5, 5.41) is 9.28. The van der Waals surface area contributed by atoms with Crippen LogP contribution in [0.5, 0.6) is 5.88 Å². The first-order valence-electron chi connectivity index (χ1n) is 7.57. The van der Waals surface area contributed by atoms with Gasteiger partial charge in [0.05, 0.1) is 5.69 Å². The number of piperidine rings is 1. The summed E-state index contributed by atoms with van der Waals surface area (Å²) in [6.07, 6.45) is 2.44. The second-order valence-electron chi connectivity index (χ2n) is 5.87. The zero-order chi connectivity index (χ0) is 15.5. The number of hydrogen-bond acceptors (Lipinski definition) is 4. The molecule has 0 unspecified atom stereocenters. The van der Waals surface area contributed by atoms with Crippen molar-refractivity contribution in [2.24, 2.45) is 0 Å². The van der Waals surface area contributed by atoms with Crippen molar-refractivity contribution >= 4 is 11.6 Å². The lowest BCUT2D eigenvalue weighted by molar-refractivity contribution is 0.0990. The normalized spacial score (nSPS) is 19.1. The standard InChI is InChI=1S/C17H20ClN3O/c1-12-10-16(22-15-4-3-9-21(2)11-15)19-20-17(12)13-5-7-14(18)8-6-13/h5-8,10,15H,3-4,9,11H2,1-2H3/t15-/m1/s1. The predicted octanol–water partition coefficient (Wildman–Crippen LogP) is 3.58. The molecule has 1 aliphatic rings. The summed E-state index contributed by atoms with van der Waals surface area (Å²) in [6, 6.07) is 9.60. The van der Waals surface area contributed by atoms with E-state index in [1.54, 1.807) is 0 Å². The molecule has 22 heavy (non-hydrogen) atoms. The minimum absolute atomic E-state index is 0.203. The van der Waals surface area contributed by atoms with E-state index in [-0.39, 0.29) is 6.10 Å². The monoisotopic (exact) mass is 317 g/mol. The van der Waals surface area contributed by atoms with Crippen LogP contribution < -0.4 is 4.74 Å². The Bertz CT molecular complexity index is 645. The molecule has 0 N–H and O–H groups in total. The Morgan fingerprint density at radius 3 is 2.68 bits per heavy atom. The molecular weight excluding hydrogens is 298 g/mol. The van der Waals surface area contributed by atoms with Gasteiger partial charge in [0.25, 0.3) is 0 Å². The van der Waals surface area contributed by atoms with E-state index in [2.05, 4.69) is 22.1 Å². The van der Waals surface area contributed by atoms with Crippen LogP contribution in [0, 0.1) is 6.92 Å². The number of halogens is 1. The van der Waals surface area contributed by atoms with Crippen molar-refractivity contribution in [2.45, 2.75) is 25.9 Å². The average Bonchev–Trinajstić information content (AvgIpc) is 2.49. The molecule has 2 aromatic rings. The van der Waals surface area contributed by atoms with Gasteiger partial charge >= 0.3 is 0 Å². The first kappa shape index (κ1) is 15.3. The maximum Gasteiger partial charge on any atom is 0.233 e. The molecular formula is C17H20ClN3O. The molecule has 0 amide bonds. The minimum Gasteiger partial charge on any atom is -0.472 e. The van der Waals surface area contributed by atoms with Crippen molar-refractivity contribution in [2.75, 3.05) is 20.1 Å². The smallest absolute Gasteiger partial charge is 0.233 e. The highest BCUT2D eigenvalue weighted by molar-refractivity contribution is 6.30. The van der Waals surface area contributed by atoms with Gasteiger partial charge in [-0.2, -0.15) is 0 Å². The number of likely N-dealkylation sites (tertiary alicyclic amines) is 1. The predicted molar refractivity (Wildman–Crippen MR) is 88.4 cm³/mol. The Labute approximate surface area is 136 Å². The number of hydrogen-bond donors (Lipinski definition) is 0. The fourth-order valence-electron chi connectivity index (χ4n) is 2.80. The van der Waals surface area contributed by atoms with Gasteiger partial charge in [-0.3, -0.25) is 0 Å². The minimum atomic E-state index is 0.203. The van der Waals surface area contributed by atoms with Crippen molar-refractivity contribution in [3.05, 3.63) is 40.9 Å². The Kier molecular flexibility index (Phi) is 4.60. The number of aromatic nitrogens is 2. The van der Waals surface area contributed by atoms with E-state index in [0.29, 0.717) is 5.88 Å². The zero-order valence-corrected chi connectivity index (χ0v) is 13.7. The van der Waals surface area contributed by atoms with Crippen LogP contribution in [-0.2, 0) is 0 Å². The SMILES string of the molecule is Cc1cc(O[C@@H]2CCCN(C)C2)nnc1-c1ccc(Cl)cc1. The Morgan fingerprint density at radius 2 is 2.00 bits per heavy atom. The Hall–Kier alpha value is -1.65. The van der Waals surface area contributed by atoms with Crippen LogP contribution in [0.15, 0.2) is 30.3 Å². The molecule has 1 fully saturated rings. The molecule has 3 rings (SSSR count). The van der Waals surface area contributed by atoms with Gasteiger partial charge in [0.1, 0.15) is 6.10 Å². The molecule has 0 spiro atoms. The zero-order valence-electron chi connectivity index (χ0n) is 12.9. The lowest BCUT2D eigenvalue weighted by Crippen LogP contribution is -2.38. The molecule has 1 aromatic carbocycles. The summed E-state index contributed by atoms with van der Waals surface area (Å²) in [7, 11) is 2.12. The molecule has 1 atom stereocenters.